The largest absolute Gasteiger partial charge is 0.286 e. The Kier molecular flexibility index (Phi) is 12.6. The molecule has 0 saturated carbocycles. The summed E-state index contributed by atoms with van der Waals surface area (Å²) in [6, 6.07) is 0. The van der Waals surface area contributed by atoms with Gasteiger partial charge in [-0.3, -0.25) is 4.55 Å². The Hall–Kier alpha value is 1.45. The van der Waals surface area contributed by atoms with Gasteiger partial charge in [0.1, 0.15) is 0 Å². The van der Waals surface area contributed by atoms with Crippen LogP contribution in [0.25, 0.3) is 0 Å². The first-order valence-corrected chi connectivity index (χ1v) is 2.77. The van der Waals surface area contributed by atoms with Crippen molar-refractivity contribution >= 4 is 34.0 Å². The average molecular weight is 323 g/mol. The molecular formula is CH4AgO3SSn. The van der Waals surface area contributed by atoms with Crippen LogP contribution in [0.5, 0.6) is 0 Å². The second-order valence-corrected chi connectivity index (χ2v) is 2.20. The molecule has 0 aromatic carbocycles. The van der Waals surface area contributed by atoms with Crippen molar-refractivity contribution in [2.75, 3.05) is 6.26 Å². The van der Waals surface area contributed by atoms with E-state index in [0.717, 1.165) is 0 Å². The molecule has 0 atom stereocenters. The Labute approximate surface area is 75.1 Å². The molecule has 5 radical (unpaired) electrons. The molecule has 0 unspecified atom stereocenters. The third-order valence-corrected chi connectivity index (χ3v) is 0. The van der Waals surface area contributed by atoms with Crippen molar-refractivity contribution in [3.63, 3.8) is 0 Å². The third-order valence-electron chi connectivity index (χ3n) is 0. The van der Waals surface area contributed by atoms with E-state index in [-0.39, 0.29) is 46.3 Å². The summed E-state index contributed by atoms with van der Waals surface area (Å²) in [4.78, 5) is 0. The van der Waals surface area contributed by atoms with Crippen molar-refractivity contribution < 1.29 is 35.4 Å². The van der Waals surface area contributed by atoms with E-state index >= 15 is 0 Å². The van der Waals surface area contributed by atoms with E-state index in [1.807, 2.05) is 0 Å². The standard InChI is InChI=1S/CH4O3S.Ag.Sn/c1-5(2,3)4;;/h1H3,(H,2,3,4);;. The normalized spacial score (nSPS) is 8.29. The van der Waals surface area contributed by atoms with Crippen LogP contribution in [0.3, 0.4) is 0 Å². The molecule has 47 valence electrons. The predicted octanol–water partition coefficient (Wildman–Crippen LogP) is -0.879. The van der Waals surface area contributed by atoms with Crippen LogP contribution in [0.2, 0.25) is 0 Å². The minimum absolute atomic E-state index is 0. The van der Waals surface area contributed by atoms with Gasteiger partial charge in [-0.1, -0.05) is 0 Å². The fourth-order valence-electron chi connectivity index (χ4n) is 0. The summed E-state index contributed by atoms with van der Waals surface area (Å²) in [6.07, 6.45) is 0.715. The summed E-state index contributed by atoms with van der Waals surface area (Å²) in [6.45, 7) is 0. The van der Waals surface area contributed by atoms with Crippen molar-refractivity contribution in [2.24, 2.45) is 0 Å². The molecule has 0 spiro atoms. The van der Waals surface area contributed by atoms with Crippen molar-refractivity contribution in [1.29, 1.82) is 0 Å². The quantitative estimate of drug-likeness (QED) is 0.465. The molecule has 0 aromatic heterocycles. The molecule has 0 saturated heterocycles. The van der Waals surface area contributed by atoms with Crippen LogP contribution in [-0.2, 0) is 32.5 Å². The molecular weight excluding hydrogens is 319 g/mol. The summed E-state index contributed by atoms with van der Waals surface area (Å²) in [5, 5.41) is 0. The molecule has 3 nitrogen and oxygen atoms in total. The Morgan fingerprint density at radius 3 is 1.43 bits per heavy atom. The zero-order valence-corrected chi connectivity index (χ0v) is 8.63. The Balaban J connectivity index is -0.0000000800. The first kappa shape index (κ1) is 15.8. The Bertz CT molecular complexity index is 98.1. The fourth-order valence-corrected chi connectivity index (χ4v) is 0. The van der Waals surface area contributed by atoms with Gasteiger partial charge in [-0.2, -0.15) is 8.42 Å². The summed E-state index contributed by atoms with van der Waals surface area (Å²) in [5.41, 5.74) is 0. The number of rotatable bonds is 0. The molecule has 0 bridgehead atoms. The van der Waals surface area contributed by atoms with Gasteiger partial charge in [0.15, 0.2) is 0 Å². The topological polar surface area (TPSA) is 54.4 Å². The van der Waals surface area contributed by atoms with Crippen LogP contribution in [0.4, 0.5) is 0 Å². The van der Waals surface area contributed by atoms with E-state index < -0.39 is 10.1 Å². The SMILES string of the molecule is CS(=O)(=O)O.[Ag].[Sn]. The van der Waals surface area contributed by atoms with Crippen LogP contribution in [0.15, 0.2) is 0 Å². The van der Waals surface area contributed by atoms with Gasteiger partial charge in [-0.25, -0.2) is 0 Å². The summed E-state index contributed by atoms with van der Waals surface area (Å²) in [5.74, 6) is 0. The first-order chi connectivity index (χ1) is 2.00. The van der Waals surface area contributed by atoms with Crippen molar-refractivity contribution in [3.8, 4) is 0 Å². The van der Waals surface area contributed by atoms with Gasteiger partial charge in [0, 0.05) is 46.3 Å². The van der Waals surface area contributed by atoms with Gasteiger partial charge < -0.3 is 0 Å². The molecule has 0 aliphatic heterocycles. The van der Waals surface area contributed by atoms with E-state index in [2.05, 4.69) is 0 Å². The smallest absolute Gasteiger partial charge is 0.261 e. The van der Waals surface area contributed by atoms with Crippen molar-refractivity contribution in [1.82, 2.24) is 0 Å². The van der Waals surface area contributed by atoms with Gasteiger partial charge in [0.2, 0.25) is 0 Å². The fraction of sp³-hybridized carbons (Fsp3) is 1.00. The van der Waals surface area contributed by atoms with Crippen LogP contribution in [0, 0.1) is 0 Å². The Morgan fingerprint density at radius 2 is 1.43 bits per heavy atom. The number of hydrogen-bond donors (Lipinski definition) is 1. The van der Waals surface area contributed by atoms with Gasteiger partial charge in [-0.15, -0.1) is 0 Å². The van der Waals surface area contributed by atoms with Gasteiger partial charge in [0.05, 0.1) is 6.26 Å². The molecule has 0 aromatic rings. The third kappa shape index (κ3) is 105. The maximum Gasteiger partial charge on any atom is 0.261 e. The monoisotopic (exact) mass is 323 g/mol. The molecule has 0 rings (SSSR count). The van der Waals surface area contributed by atoms with E-state index in [4.69, 9.17) is 4.55 Å². The second kappa shape index (κ2) is 5.58. The first-order valence-electron chi connectivity index (χ1n) is 0.924. The second-order valence-electron chi connectivity index (χ2n) is 0.733. The van der Waals surface area contributed by atoms with Crippen molar-refractivity contribution in [3.05, 3.63) is 0 Å². The number of hydrogen-bond acceptors (Lipinski definition) is 2. The minimum Gasteiger partial charge on any atom is -0.286 e. The Morgan fingerprint density at radius 1 is 1.43 bits per heavy atom. The molecule has 0 aliphatic rings. The van der Waals surface area contributed by atoms with Crippen molar-refractivity contribution in [2.45, 2.75) is 0 Å². The van der Waals surface area contributed by atoms with Crippen LogP contribution >= 0.6 is 0 Å². The summed E-state index contributed by atoms with van der Waals surface area (Å²) in [7, 11) is -3.67. The van der Waals surface area contributed by atoms with E-state index in [9.17, 15) is 8.42 Å². The zero-order valence-electron chi connectivity index (χ0n) is 3.47. The predicted molar refractivity (Wildman–Crippen MR) is 23.2 cm³/mol. The molecule has 7 heavy (non-hydrogen) atoms. The summed E-state index contributed by atoms with van der Waals surface area (Å²) >= 11 is 0. The van der Waals surface area contributed by atoms with E-state index in [1.54, 1.807) is 0 Å². The molecule has 1 N–H and O–H groups in total. The zero-order chi connectivity index (χ0) is 4.50. The van der Waals surface area contributed by atoms with Gasteiger partial charge >= 0.3 is 0 Å². The molecule has 0 heterocycles. The minimum atomic E-state index is -3.67. The average Bonchev–Trinajstić information content (AvgIpc) is 0.722. The molecule has 0 fully saturated rings. The maximum atomic E-state index is 9.19. The van der Waals surface area contributed by atoms with E-state index in [1.165, 1.54) is 0 Å². The van der Waals surface area contributed by atoms with Crippen LogP contribution in [-0.4, -0.2) is 43.1 Å². The van der Waals surface area contributed by atoms with Crippen LogP contribution in [0.1, 0.15) is 0 Å². The van der Waals surface area contributed by atoms with Gasteiger partial charge in [0.25, 0.3) is 10.1 Å². The summed E-state index contributed by atoms with van der Waals surface area (Å²) < 4.78 is 25.9. The molecule has 0 amide bonds. The van der Waals surface area contributed by atoms with E-state index in [0.29, 0.717) is 6.26 Å². The van der Waals surface area contributed by atoms with Crippen LogP contribution < -0.4 is 0 Å². The maximum absolute atomic E-state index is 9.19. The molecule has 0 aliphatic carbocycles. The molecule has 6 heteroatoms. The van der Waals surface area contributed by atoms with Gasteiger partial charge in [-0.05, 0) is 0 Å².